The van der Waals surface area contributed by atoms with Crippen molar-refractivity contribution in [3.8, 4) is 11.5 Å². The summed E-state index contributed by atoms with van der Waals surface area (Å²) in [4.78, 5) is 12.7. The highest BCUT2D eigenvalue weighted by Crippen LogP contribution is 2.37. The van der Waals surface area contributed by atoms with Gasteiger partial charge in [0, 0.05) is 24.6 Å². The van der Waals surface area contributed by atoms with Gasteiger partial charge in [0.05, 0.1) is 25.3 Å². The molecule has 1 aliphatic rings. The zero-order valence-corrected chi connectivity index (χ0v) is 18.7. The smallest absolute Gasteiger partial charge is 0.251 e. The monoisotopic (exact) mass is 434 g/mol. The SMILES string of the molecule is COCC1(CNC(=O)c2cc(Cl)c(OCC(C)C)c(OC)c2)CCNCC1.Cl. The van der Waals surface area contributed by atoms with Gasteiger partial charge in [-0.1, -0.05) is 25.4 Å². The molecule has 0 atom stereocenters. The molecular formula is C20H32Cl2N2O4. The van der Waals surface area contributed by atoms with Crippen LogP contribution < -0.4 is 20.1 Å². The molecule has 0 saturated carbocycles. The van der Waals surface area contributed by atoms with Crippen LogP contribution >= 0.6 is 24.0 Å². The van der Waals surface area contributed by atoms with Gasteiger partial charge in [-0.2, -0.15) is 0 Å². The van der Waals surface area contributed by atoms with Crippen LogP contribution in [0.25, 0.3) is 0 Å². The highest BCUT2D eigenvalue weighted by molar-refractivity contribution is 6.32. The highest BCUT2D eigenvalue weighted by atomic mass is 35.5. The van der Waals surface area contributed by atoms with Crippen molar-refractivity contribution in [1.82, 2.24) is 10.6 Å². The lowest BCUT2D eigenvalue weighted by atomic mass is 9.79. The Labute approximate surface area is 179 Å². The number of ether oxygens (including phenoxy) is 3. The van der Waals surface area contributed by atoms with Crippen LogP contribution in [0.4, 0.5) is 0 Å². The Balaban J connectivity index is 0.00000392. The lowest BCUT2D eigenvalue weighted by Crippen LogP contribution is -2.47. The quantitative estimate of drug-likeness (QED) is 0.621. The van der Waals surface area contributed by atoms with E-state index < -0.39 is 0 Å². The summed E-state index contributed by atoms with van der Waals surface area (Å²) in [6.45, 7) is 7.68. The van der Waals surface area contributed by atoms with E-state index in [0.29, 0.717) is 47.8 Å². The summed E-state index contributed by atoms with van der Waals surface area (Å²) in [5, 5.41) is 6.76. The standard InChI is InChI=1S/C20H31ClN2O4.ClH/c1-14(2)11-27-18-16(21)9-15(10-17(18)26-4)19(24)23-12-20(13-25-3)5-7-22-8-6-20;/h9-10,14,22H,5-8,11-13H2,1-4H3,(H,23,24);1H. The molecule has 1 fully saturated rings. The summed E-state index contributed by atoms with van der Waals surface area (Å²) < 4.78 is 16.5. The Hall–Kier alpha value is -1.21. The molecule has 28 heavy (non-hydrogen) atoms. The second-order valence-corrected chi connectivity index (χ2v) is 7.97. The number of rotatable bonds is 9. The van der Waals surface area contributed by atoms with E-state index in [1.54, 1.807) is 19.2 Å². The molecule has 2 rings (SSSR count). The fraction of sp³-hybridized carbons (Fsp3) is 0.650. The maximum absolute atomic E-state index is 12.7. The van der Waals surface area contributed by atoms with Crippen LogP contribution in [-0.2, 0) is 4.74 Å². The van der Waals surface area contributed by atoms with Crippen molar-refractivity contribution in [2.24, 2.45) is 11.3 Å². The molecule has 0 unspecified atom stereocenters. The van der Waals surface area contributed by atoms with Crippen molar-refractivity contribution in [2.45, 2.75) is 26.7 Å². The van der Waals surface area contributed by atoms with Crippen molar-refractivity contribution in [2.75, 3.05) is 47.1 Å². The lowest BCUT2D eigenvalue weighted by Gasteiger charge is -2.37. The molecule has 1 aliphatic heterocycles. The molecule has 1 heterocycles. The second-order valence-electron chi connectivity index (χ2n) is 7.56. The first kappa shape index (κ1) is 24.8. The van der Waals surface area contributed by atoms with Gasteiger partial charge in [0.15, 0.2) is 11.5 Å². The van der Waals surface area contributed by atoms with E-state index in [-0.39, 0.29) is 23.7 Å². The van der Waals surface area contributed by atoms with Crippen LogP contribution in [0.1, 0.15) is 37.0 Å². The number of nitrogens with one attached hydrogen (secondary N) is 2. The third-order valence-electron chi connectivity index (χ3n) is 4.79. The summed E-state index contributed by atoms with van der Waals surface area (Å²) in [5.74, 6) is 1.11. The number of carbonyl (C=O) groups excluding carboxylic acids is 1. The van der Waals surface area contributed by atoms with Crippen molar-refractivity contribution >= 4 is 29.9 Å². The number of amides is 1. The zero-order valence-electron chi connectivity index (χ0n) is 17.1. The fourth-order valence-corrected chi connectivity index (χ4v) is 3.51. The minimum Gasteiger partial charge on any atom is -0.493 e. The van der Waals surface area contributed by atoms with Gasteiger partial charge in [-0.3, -0.25) is 4.79 Å². The second kappa shape index (κ2) is 11.7. The van der Waals surface area contributed by atoms with Crippen molar-refractivity contribution in [3.05, 3.63) is 22.7 Å². The number of hydrogen-bond acceptors (Lipinski definition) is 5. The van der Waals surface area contributed by atoms with Crippen LogP contribution in [0.3, 0.4) is 0 Å². The maximum atomic E-state index is 12.7. The van der Waals surface area contributed by atoms with E-state index in [9.17, 15) is 4.79 Å². The fourth-order valence-electron chi connectivity index (χ4n) is 3.25. The first-order chi connectivity index (χ1) is 12.9. The van der Waals surface area contributed by atoms with Crippen molar-refractivity contribution in [3.63, 3.8) is 0 Å². The predicted octanol–water partition coefficient (Wildman–Crippen LogP) is 3.55. The largest absolute Gasteiger partial charge is 0.493 e. The summed E-state index contributed by atoms with van der Waals surface area (Å²) in [5.41, 5.74) is 0.416. The summed E-state index contributed by atoms with van der Waals surface area (Å²) in [6.07, 6.45) is 1.93. The summed E-state index contributed by atoms with van der Waals surface area (Å²) >= 11 is 6.35. The van der Waals surface area contributed by atoms with E-state index in [1.165, 1.54) is 7.11 Å². The Morgan fingerprint density at radius 3 is 2.54 bits per heavy atom. The molecule has 2 N–H and O–H groups in total. The van der Waals surface area contributed by atoms with E-state index in [2.05, 4.69) is 24.5 Å². The predicted molar refractivity (Wildman–Crippen MR) is 114 cm³/mol. The molecule has 0 bridgehead atoms. The number of benzene rings is 1. The van der Waals surface area contributed by atoms with Crippen molar-refractivity contribution in [1.29, 1.82) is 0 Å². The molecule has 1 saturated heterocycles. The minimum atomic E-state index is -0.181. The average Bonchev–Trinajstić information content (AvgIpc) is 2.65. The van der Waals surface area contributed by atoms with Gasteiger partial charge < -0.3 is 24.8 Å². The Morgan fingerprint density at radius 2 is 1.96 bits per heavy atom. The van der Waals surface area contributed by atoms with Gasteiger partial charge in [0.1, 0.15) is 0 Å². The van der Waals surface area contributed by atoms with E-state index >= 15 is 0 Å². The van der Waals surface area contributed by atoms with Gasteiger partial charge in [-0.15, -0.1) is 12.4 Å². The first-order valence-electron chi connectivity index (χ1n) is 9.39. The molecule has 0 radical (unpaired) electrons. The van der Waals surface area contributed by atoms with Crippen LogP contribution in [0, 0.1) is 11.3 Å². The molecule has 0 aliphatic carbocycles. The molecule has 160 valence electrons. The number of methoxy groups -OCH3 is 2. The summed E-state index contributed by atoms with van der Waals surface area (Å²) in [6, 6.07) is 3.29. The van der Waals surface area contributed by atoms with E-state index in [1.807, 2.05) is 0 Å². The molecule has 0 aromatic heterocycles. The number of piperidine rings is 1. The molecule has 1 aromatic carbocycles. The molecule has 1 amide bonds. The van der Waals surface area contributed by atoms with Gasteiger partial charge in [-0.05, 0) is 44.0 Å². The van der Waals surface area contributed by atoms with Gasteiger partial charge in [0.2, 0.25) is 0 Å². The Morgan fingerprint density at radius 1 is 1.29 bits per heavy atom. The van der Waals surface area contributed by atoms with Crippen LogP contribution in [0.2, 0.25) is 5.02 Å². The summed E-state index contributed by atoms with van der Waals surface area (Å²) in [7, 11) is 3.24. The molecule has 6 nitrogen and oxygen atoms in total. The van der Waals surface area contributed by atoms with Gasteiger partial charge >= 0.3 is 0 Å². The Kier molecular flexibility index (Phi) is 10.4. The lowest BCUT2D eigenvalue weighted by molar-refractivity contribution is 0.0511. The average molecular weight is 435 g/mol. The zero-order chi connectivity index (χ0) is 19.9. The van der Waals surface area contributed by atoms with Crippen LogP contribution in [0.5, 0.6) is 11.5 Å². The molecular weight excluding hydrogens is 403 g/mol. The van der Waals surface area contributed by atoms with Crippen LogP contribution in [-0.4, -0.2) is 53.0 Å². The topological polar surface area (TPSA) is 68.8 Å². The van der Waals surface area contributed by atoms with Gasteiger partial charge in [0.25, 0.3) is 5.91 Å². The number of hydrogen-bond donors (Lipinski definition) is 2. The van der Waals surface area contributed by atoms with Crippen LogP contribution in [0.15, 0.2) is 12.1 Å². The third-order valence-corrected chi connectivity index (χ3v) is 5.07. The van der Waals surface area contributed by atoms with Gasteiger partial charge in [-0.25, -0.2) is 0 Å². The Bertz CT molecular complexity index is 629. The molecule has 8 heteroatoms. The maximum Gasteiger partial charge on any atom is 0.251 e. The molecule has 1 aromatic rings. The first-order valence-corrected chi connectivity index (χ1v) is 9.77. The minimum absolute atomic E-state index is 0. The highest BCUT2D eigenvalue weighted by Gasteiger charge is 2.32. The number of carbonyl (C=O) groups is 1. The third kappa shape index (κ3) is 6.69. The number of halogens is 2. The molecule has 0 spiro atoms. The normalized spacial score (nSPS) is 15.6. The van der Waals surface area contributed by atoms with E-state index in [4.69, 9.17) is 25.8 Å². The van der Waals surface area contributed by atoms with E-state index in [0.717, 1.165) is 25.9 Å². The van der Waals surface area contributed by atoms with Crippen molar-refractivity contribution < 1.29 is 19.0 Å².